The second kappa shape index (κ2) is 8.87. The van der Waals surface area contributed by atoms with Gasteiger partial charge in [0.15, 0.2) is 0 Å². The van der Waals surface area contributed by atoms with Crippen molar-refractivity contribution in [2.75, 3.05) is 26.2 Å². The predicted molar refractivity (Wildman–Crippen MR) is 111 cm³/mol. The van der Waals surface area contributed by atoms with E-state index >= 15 is 0 Å². The first-order valence-corrected chi connectivity index (χ1v) is 10.5. The number of aromatic nitrogens is 2. The van der Waals surface area contributed by atoms with Crippen LogP contribution >= 0.6 is 0 Å². The fourth-order valence-corrected chi connectivity index (χ4v) is 4.34. The summed E-state index contributed by atoms with van der Waals surface area (Å²) in [6.07, 6.45) is 3.12. The first-order chi connectivity index (χ1) is 13.0. The Kier molecular flexibility index (Phi) is 6.53. The van der Waals surface area contributed by atoms with Gasteiger partial charge in [-0.1, -0.05) is 19.1 Å². The molecule has 1 aromatic heterocycles. The maximum Gasteiger partial charge on any atom is 0.226 e. The van der Waals surface area contributed by atoms with Gasteiger partial charge in [-0.3, -0.25) is 9.69 Å². The molecular formula is C22H34N4O. The number of imidazole rings is 1. The number of benzene rings is 1. The van der Waals surface area contributed by atoms with E-state index in [1.807, 2.05) is 11.0 Å². The van der Waals surface area contributed by atoms with E-state index in [4.69, 9.17) is 4.98 Å². The lowest BCUT2D eigenvalue weighted by Crippen LogP contribution is -2.45. The third kappa shape index (κ3) is 4.34. The van der Waals surface area contributed by atoms with Crippen LogP contribution < -0.4 is 0 Å². The molecule has 1 amide bonds. The molecule has 0 aliphatic carbocycles. The SMILES string of the molecule is CCCN(CC)C(=O)[C@@H]1CCCN(Cc2nc3ccccc3n2C(C)C)C1. The highest BCUT2D eigenvalue weighted by molar-refractivity contribution is 5.79. The van der Waals surface area contributed by atoms with Crippen LogP contribution in [0.1, 0.15) is 58.8 Å². The smallest absolute Gasteiger partial charge is 0.226 e. The maximum atomic E-state index is 12.9. The van der Waals surface area contributed by atoms with Crippen LogP contribution in [0.15, 0.2) is 24.3 Å². The van der Waals surface area contributed by atoms with Gasteiger partial charge >= 0.3 is 0 Å². The van der Waals surface area contributed by atoms with Gasteiger partial charge in [-0.05, 0) is 58.7 Å². The largest absolute Gasteiger partial charge is 0.343 e. The van der Waals surface area contributed by atoms with Gasteiger partial charge < -0.3 is 9.47 Å². The van der Waals surface area contributed by atoms with E-state index in [1.165, 1.54) is 5.52 Å². The van der Waals surface area contributed by atoms with Crippen LogP contribution in [0.4, 0.5) is 0 Å². The quantitative estimate of drug-likeness (QED) is 0.737. The summed E-state index contributed by atoms with van der Waals surface area (Å²) in [5.74, 6) is 1.57. The fourth-order valence-electron chi connectivity index (χ4n) is 4.34. The maximum absolute atomic E-state index is 12.9. The van der Waals surface area contributed by atoms with Crippen LogP contribution in [0.25, 0.3) is 11.0 Å². The summed E-state index contributed by atoms with van der Waals surface area (Å²) in [4.78, 5) is 22.3. The van der Waals surface area contributed by atoms with Crippen molar-refractivity contribution >= 4 is 16.9 Å². The van der Waals surface area contributed by atoms with Gasteiger partial charge in [0.05, 0.1) is 23.5 Å². The number of fused-ring (bicyclic) bond motifs is 1. The van der Waals surface area contributed by atoms with E-state index in [0.29, 0.717) is 11.9 Å². The molecule has 1 fully saturated rings. The van der Waals surface area contributed by atoms with Crippen LogP contribution in [0, 0.1) is 5.92 Å². The number of carbonyl (C=O) groups excluding carboxylic acids is 1. The number of likely N-dealkylation sites (tertiary alicyclic amines) is 1. The zero-order chi connectivity index (χ0) is 19.4. The highest BCUT2D eigenvalue weighted by Gasteiger charge is 2.29. The molecule has 148 valence electrons. The Labute approximate surface area is 163 Å². The molecule has 5 nitrogen and oxygen atoms in total. The number of rotatable bonds is 7. The van der Waals surface area contributed by atoms with Crippen LogP contribution in [-0.2, 0) is 11.3 Å². The minimum Gasteiger partial charge on any atom is -0.343 e. The lowest BCUT2D eigenvalue weighted by molar-refractivity contribution is -0.137. The van der Waals surface area contributed by atoms with Crippen molar-refractivity contribution in [3.8, 4) is 0 Å². The van der Waals surface area contributed by atoms with Gasteiger partial charge in [0, 0.05) is 25.7 Å². The molecule has 5 heteroatoms. The molecule has 0 spiro atoms. The van der Waals surface area contributed by atoms with Crippen molar-refractivity contribution < 1.29 is 4.79 Å². The van der Waals surface area contributed by atoms with E-state index in [2.05, 4.69) is 55.4 Å². The average Bonchev–Trinajstić information content (AvgIpc) is 3.03. The van der Waals surface area contributed by atoms with Crippen molar-refractivity contribution in [1.29, 1.82) is 0 Å². The number of hydrogen-bond donors (Lipinski definition) is 0. The van der Waals surface area contributed by atoms with E-state index in [1.54, 1.807) is 0 Å². The van der Waals surface area contributed by atoms with Crippen LogP contribution in [0.5, 0.6) is 0 Å². The predicted octanol–water partition coefficient (Wildman–Crippen LogP) is 4.09. The first-order valence-electron chi connectivity index (χ1n) is 10.5. The summed E-state index contributed by atoms with van der Waals surface area (Å²) in [5, 5.41) is 0. The summed E-state index contributed by atoms with van der Waals surface area (Å²) < 4.78 is 2.34. The molecular weight excluding hydrogens is 336 g/mol. The second-order valence-electron chi connectivity index (χ2n) is 7.97. The Morgan fingerprint density at radius 3 is 2.78 bits per heavy atom. The lowest BCUT2D eigenvalue weighted by Gasteiger charge is -2.34. The molecule has 2 aromatic rings. The molecule has 1 aliphatic rings. The zero-order valence-electron chi connectivity index (χ0n) is 17.3. The minimum absolute atomic E-state index is 0.127. The van der Waals surface area contributed by atoms with Crippen molar-refractivity contribution in [3.05, 3.63) is 30.1 Å². The van der Waals surface area contributed by atoms with E-state index < -0.39 is 0 Å². The third-order valence-electron chi connectivity index (χ3n) is 5.59. The highest BCUT2D eigenvalue weighted by Crippen LogP contribution is 2.25. The number of carbonyl (C=O) groups is 1. The van der Waals surface area contributed by atoms with Crippen molar-refractivity contribution in [3.63, 3.8) is 0 Å². The molecule has 1 aliphatic heterocycles. The van der Waals surface area contributed by atoms with E-state index in [0.717, 1.165) is 63.3 Å². The Bertz CT molecular complexity index is 767. The number of amides is 1. The van der Waals surface area contributed by atoms with Gasteiger partial charge in [-0.25, -0.2) is 4.98 Å². The zero-order valence-corrected chi connectivity index (χ0v) is 17.3. The van der Waals surface area contributed by atoms with Crippen LogP contribution in [0.3, 0.4) is 0 Å². The molecule has 0 unspecified atom stereocenters. The average molecular weight is 371 g/mol. The van der Waals surface area contributed by atoms with Gasteiger partial charge in [0.1, 0.15) is 5.82 Å². The Hall–Kier alpha value is -1.88. The summed E-state index contributed by atoms with van der Waals surface area (Å²) in [7, 11) is 0. The van der Waals surface area contributed by atoms with Gasteiger partial charge in [-0.15, -0.1) is 0 Å². The lowest BCUT2D eigenvalue weighted by atomic mass is 9.96. The van der Waals surface area contributed by atoms with Crippen molar-refractivity contribution in [1.82, 2.24) is 19.4 Å². The summed E-state index contributed by atoms with van der Waals surface area (Å²) >= 11 is 0. The molecule has 1 saturated heterocycles. The third-order valence-corrected chi connectivity index (χ3v) is 5.59. The van der Waals surface area contributed by atoms with Crippen LogP contribution in [0.2, 0.25) is 0 Å². The normalized spacial score (nSPS) is 18.3. The summed E-state index contributed by atoms with van der Waals surface area (Å²) in [6.45, 7) is 13.0. The number of hydrogen-bond acceptors (Lipinski definition) is 3. The molecule has 27 heavy (non-hydrogen) atoms. The molecule has 1 aromatic carbocycles. The van der Waals surface area contributed by atoms with Gasteiger partial charge in [0.2, 0.25) is 5.91 Å². The first kappa shape index (κ1) is 19.9. The fraction of sp³-hybridized carbons (Fsp3) is 0.636. The van der Waals surface area contributed by atoms with Crippen molar-refractivity contribution in [2.45, 2.75) is 59.5 Å². The standard InChI is InChI=1S/C22H34N4O/c1-5-13-25(6-2)22(27)18-10-9-14-24(15-18)16-21-23-19-11-7-8-12-20(19)26(21)17(3)4/h7-8,11-12,17-18H,5-6,9-10,13-16H2,1-4H3/t18-/m1/s1. The molecule has 2 heterocycles. The topological polar surface area (TPSA) is 41.4 Å². The number of piperidine rings is 1. The Morgan fingerprint density at radius 1 is 1.30 bits per heavy atom. The monoisotopic (exact) mass is 370 g/mol. The van der Waals surface area contributed by atoms with Gasteiger partial charge in [-0.2, -0.15) is 0 Å². The number of nitrogens with zero attached hydrogens (tertiary/aromatic N) is 4. The van der Waals surface area contributed by atoms with Gasteiger partial charge in [0.25, 0.3) is 0 Å². The molecule has 0 saturated carbocycles. The Balaban J connectivity index is 1.75. The van der Waals surface area contributed by atoms with E-state index in [-0.39, 0.29) is 5.92 Å². The Morgan fingerprint density at radius 2 is 2.07 bits per heavy atom. The molecule has 1 atom stereocenters. The summed E-state index contributed by atoms with van der Waals surface area (Å²) in [5.41, 5.74) is 2.26. The second-order valence-corrected chi connectivity index (χ2v) is 7.97. The minimum atomic E-state index is 0.127. The number of para-hydroxylation sites is 2. The molecule has 0 bridgehead atoms. The molecule has 0 N–H and O–H groups in total. The summed E-state index contributed by atoms with van der Waals surface area (Å²) in [6, 6.07) is 8.74. The molecule has 0 radical (unpaired) electrons. The van der Waals surface area contributed by atoms with Crippen LogP contribution in [-0.4, -0.2) is 51.4 Å². The highest BCUT2D eigenvalue weighted by atomic mass is 16.2. The van der Waals surface area contributed by atoms with Crippen molar-refractivity contribution in [2.24, 2.45) is 5.92 Å². The van der Waals surface area contributed by atoms with E-state index in [9.17, 15) is 4.79 Å². The molecule has 3 rings (SSSR count).